The maximum Gasteiger partial charge on any atom is 0.227 e. The van der Waals surface area contributed by atoms with Gasteiger partial charge in [0.15, 0.2) is 11.6 Å². The molecule has 3 aromatic rings. The summed E-state index contributed by atoms with van der Waals surface area (Å²) < 4.78 is 46.1. The number of nitrogens with zero attached hydrogens (tertiary/aromatic N) is 3. The first-order chi connectivity index (χ1) is 16.9. The molecule has 7 nitrogen and oxygen atoms in total. The Hall–Kier alpha value is -3.11. The average molecular weight is 488 g/mol. The second-order valence-electron chi connectivity index (χ2n) is 8.00. The van der Waals surface area contributed by atoms with E-state index >= 15 is 0 Å². The lowest BCUT2D eigenvalue weighted by Gasteiger charge is -2.25. The number of benzene rings is 2. The van der Waals surface area contributed by atoms with Gasteiger partial charge in [-0.1, -0.05) is 24.3 Å². The molecule has 9 heteroatoms. The van der Waals surface area contributed by atoms with Crippen LogP contribution in [0.15, 0.2) is 61.2 Å². The van der Waals surface area contributed by atoms with Crippen molar-refractivity contribution in [3.05, 3.63) is 84.1 Å². The minimum absolute atomic E-state index is 0.119. The van der Waals surface area contributed by atoms with E-state index in [4.69, 9.17) is 14.2 Å². The maximum absolute atomic E-state index is 14.5. The molecule has 35 heavy (non-hydrogen) atoms. The molecule has 3 rings (SSSR count). The Morgan fingerprint density at radius 1 is 1.20 bits per heavy atom. The van der Waals surface area contributed by atoms with E-state index in [1.807, 2.05) is 42.2 Å². The van der Waals surface area contributed by atoms with E-state index in [1.165, 1.54) is 6.07 Å². The van der Waals surface area contributed by atoms with Crippen molar-refractivity contribution in [2.45, 2.75) is 19.6 Å². The highest BCUT2D eigenvalue weighted by molar-refractivity contribution is 5.43. The second-order valence-corrected chi connectivity index (χ2v) is 8.00. The Bertz CT molecular complexity index is 1090. The maximum atomic E-state index is 14.5. The lowest BCUT2D eigenvalue weighted by molar-refractivity contribution is 0.0192. The number of aryl methyl sites for hydroxylation is 1. The first-order valence-electron chi connectivity index (χ1n) is 11.3. The first-order valence-corrected chi connectivity index (χ1v) is 11.3. The highest BCUT2D eigenvalue weighted by atomic mass is 19.1. The van der Waals surface area contributed by atoms with E-state index in [0.717, 1.165) is 17.8 Å². The number of hydrogen-bond donors (Lipinski definition) is 1. The quantitative estimate of drug-likeness (QED) is 0.271. The Kier molecular flexibility index (Phi) is 9.92. The lowest BCUT2D eigenvalue weighted by atomic mass is 10.2. The Balaban J connectivity index is 1.95. The van der Waals surface area contributed by atoms with Crippen LogP contribution < -0.4 is 4.74 Å². The fraction of sp³-hybridized carbons (Fsp3) is 0.346. The summed E-state index contributed by atoms with van der Waals surface area (Å²) in [7, 11) is 1.60. The van der Waals surface area contributed by atoms with E-state index < -0.39 is 17.7 Å². The van der Waals surface area contributed by atoms with E-state index in [-0.39, 0.29) is 12.4 Å². The Morgan fingerprint density at radius 2 is 1.97 bits per heavy atom. The molecule has 0 radical (unpaired) electrons. The van der Waals surface area contributed by atoms with Crippen molar-refractivity contribution in [2.24, 2.45) is 0 Å². The van der Waals surface area contributed by atoms with Crippen molar-refractivity contribution in [3.63, 3.8) is 0 Å². The number of halogens is 2. The highest BCUT2D eigenvalue weighted by Crippen LogP contribution is 2.33. The largest absolute Gasteiger partial charge is 0.435 e. The standard InChI is InChI=1S/C26H31F2N3O4/c1-4-13-34-18-22(32)16-30(12-14-33-3)17-23-19(2)29-31(21-8-6-5-7-9-21)26(23)35-25-11-10-20(27)15-24(25)28/h4-11,15,22,32H,1,12-14,16-18H2,2-3H3/t22-/m1/s1. The zero-order valence-corrected chi connectivity index (χ0v) is 20.0. The van der Waals surface area contributed by atoms with Gasteiger partial charge in [0.25, 0.3) is 0 Å². The van der Waals surface area contributed by atoms with Gasteiger partial charge in [-0.05, 0) is 31.2 Å². The molecule has 0 fully saturated rings. The average Bonchev–Trinajstić information content (AvgIpc) is 3.14. The van der Waals surface area contributed by atoms with Crippen LogP contribution in [0.25, 0.3) is 5.69 Å². The number of aliphatic hydroxyl groups excluding tert-OH is 1. The van der Waals surface area contributed by atoms with Crippen LogP contribution >= 0.6 is 0 Å². The molecule has 0 bridgehead atoms. The SMILES string of the molecule is C=CCOC[C@H](O)CN(CCOC)Cc1c(C)nn(-c2ccccc2)c1Oc1ccc(F)cc1F. The molecular formula is C26H31F2N3O4. The van der Waals surface area contributed by atoms with Crippen LogP contribution in [-0.4, -0.2) is 65.9 Å². The Labute approximate surface area is 204 Å². The van der Waals surface area contributed by atoms with Crippen molar-refractivity contribution in [3.8, 4) is 17.3 Å². The number of ether oxygens (including phenoxy) is 3. The van der Waals surface area contributed by atoms with Gasteiger partial charge in [0.2, 0.25) is 5.88 Å². The van der Waals surface area contributed by atoms with Crippen LogP contribution in [0.5, 0.6) is 11.6 Å². The molecule has 1 aromatic heterocycles. The third-order valence-corrected chi connectivity index (χ3v) is 5.25. The van der Waals surface area contributed by atoms with Gasteiger partial charge in [-0.15, -0.1) is 6.58 Å². The molecule has 2 aromatic carbocycles. The summed E-state index contributed by atoms with van der Waals surface area (Å²) >= 11 is 0. The van der Waals surface area contributed by atoms with Crippen molar-refractivity contribution < 1.29 is 28.1 Å². The fourth-order valence-corrected chi connectivity index (χ4v) is 3.55. The molecular weight excluding hydrogens is 456 g/mol. The normalized spacial score (nSPS) is 12.2. The molecule has 1 heterocycles. The summed E-state index contributed by atoms with van der Waals surface area (Å²) in [6, 6.07) is 12.5. The summed E-state index contributed by atoms with van der Waals surface area (Å²) in [5.74, 6) is -1.33. The van der Waals surface area contributed by atoms with E-state index in [9.17, 15) is 13.9 Å². The minimum atomic E-state index is -0.819. The van der Waals surface area contributed by atoms with Crippen LogP contribution in [-0.2, 0) is 16.0 Å². The van der Waals surface area contributed by atoms with Gasteiger partial charge in [-0.25, -0.2) is 13.5 Å². The van der Waals surface area contributed by atoms with Crippen LogP contribution in [0.1, 0.15) is 11.3 Å². The monoisotopic (exact) mass is 487 g/mol. The van der Waals surface area contributed by atoms with Crippen LogP contribution in [0.2, 0.25) is 0 Å². The molecule has 0 unspecified atom stereocenters. The molecule has 0 aliphatic rings. The predicted octanol–water partition coefficient (Wildman–Crippen LogP) is 4.26. The molecule has 0 saturated carbocycles. The number of para-hydroxylation sites is 1. The summed E-state index contributed by atoms with van der Waals surface area (Å²) in [6.07, 6.45) is 0.879. The fourth-order valence-electron chi connectivity index (χ4n) is 3.55. The molecule has 188 valence electrons. The van der Waals surface area contributed by atoms with Crippen molar-refractivity contribution in [2.75, 3.05) is 40.0 Å². The van der Waals surface area contributed by atoms with Crippen LogP contribution in [0.4, 0.5) is 8.78 Å². The highest BCUT2D eigenvalue weighted by Gasteiger charge is 2.23. The summed E-state index contributed by atoms with van der Waals surface area (Å²) in [6.45, 7) is 7.55. The van der Waals surface area contributed by atoms with Crippen LogP contribution in [0, 0.1) is 18.6 Å². The van der Waals surface area contributed by atoms with Gasteiger partial charge in [-0.3, -0.25) is 4.90 Å². The number of aromatic nitrogens is 2. The lowest BCUT2D eigenvalue weighted by Crippen LogP contribution is -2.36. The molecule has 0 aliphatic carbocycles. The van der Waals surface area contributed by atoms with Crippen molar-refractivity contribution in [1.82, 2.24) is 14.7 Å². The molecule has 1 atom stereocenters. The second kappa shape index (κ2) is 13.1. The molecule has 0 aliphatic heterocycles. The molecule has 0 amide bonds. The minimum Gasteiger partial charge on any atom is -0.435 e. The first kappa shape index (κ1) is 26.5. The number of rotatable bonds is 14. The van der Waals surface area contributed by atoms with Gasteiger partial charge in [0.05, 0.1) is 42.9 Å². The third-order valence-electron chi connectivity index (χ3n) is 5.25. The van der Waals surface area contributed by atoms with Crippen molar-refractivity contribution >= 4 is 0 Å². The molecule has 0 saturated heterocycles. The summed E-state index contributed by atoms with van der Waals surface area (Å²) in [5.41, 5.74) is 2.10. The van der Waals surface area contributed by atoms with Crippen LogP contribution in [0.3, 0.4) is 0 Å². The third kappa shape index (κ3) is 7.43. The van der Waals surface area contributed by atoms with E-state index in [0.29, 0.717) is 50.0 Å². The van der Waals surface area contributed by atoms with E-state index in [2.05, 4.69) is 11.7 Å². The molecule has 0 spiro atoms. The zero-order valence-electron chi connectivity index (χ0n) is 20.0. The summed E-state index contributed by atoms with van der Waals surface area (Å²) in [4.78, 5) is 1.98. The Morgan fingerprint density at radius 3 is 2.66 bits per heavy atom. The molecule has 1 N–H and O–H groups in total. The van der Waals surface area contributed by atoms with Crippen molar-refractivity contribution in [1.29, 1.82) is 0 Å². The number of methoxy groups -OCH3 is 1. The number of aliphatic hydroxyl groups is 1. The topological polar surface area (TPSA) is 69.0 Å². The predicted molar refractivity (Wildman–Crippen MR) is 129 cm³/mol. The van der Waals surface area contributed by atoms with Gasteiger partial charge >= 0.3 is 0 Å². The summed E-state index contributed by atoms with van der Waals surface area (Å²) in [5, 5.41) is 15.1. The smallest absolute Gasteiger partial charge is 0.227 e. The van der Waals surface area contributed by atoms with Gasteiger partial charge in [0, 0.05) is 32.8 Å². The number of hydrogen-bond acceptors (Lipinski definition) is 6. The van der Waals surface area contributed by atoms with Gasteiger partial charge in [0.1, 0.15) is 5.82 Å². The zero-order chi connectivity index (χ0) is 25.2. The van der Waals surface area contributed by atoms with Gasteiger partial charge in [-0.2, -0.15) is 5.10 Å². The van der Waals surface area contributed by atoms with E-state index in [1.54, 1.807) is 17.9 Å². The van der Waals surface area contributed by atoms with Gasteiger partial charge < -0.3 is 19.3 Å².